The molecule has 0 aliphatic heterocycles. The summed E-state index contributed by atoms with van der Waals surface area (Å²) >= 11 is 0. The van der Waals surface area contributed by atoms with Crippen LogP contribution >= 0.6 is 0 Å². The first-order valence-electron chi connectivity index (χ1n) is 7.35. The van der Waals surface area contributed by atoms with E-state index < -0.39 is 0 Å². The minimum atomic E-state index is -0.0525. The zero-order valence-electron chi connectivity index (χ0n) is 11.8. The van der Waals surface area contributed by atoms with E-state index in [-0.39, 0.29) is 11.9 Å². The second-order valence-electron chi connectivity index (χ2n) is 5.41. The highest BCUT2D eigenvalue weighted by atomic mass is 16.4. The molecule has 0 radical (unpaired) electrons. The van der Waals surface area contributed by atoms with Crippen LogP contribution < -0.4 is 5.32 Å². The summed E-state index contributed by atoms with van der Waals surface area (Å²) in [6.07, 6.45) is 9.86. The maximum absolute atomic E-state index is 12.0. The standard InChI is InChI=1S/C15H18N4O2/c20-13(9-11-5-2-1-3-6-11)17-15-19-18-14(21-15)12-7-4-8-16-10-12/h4,7-8,10-11H,1-3,5-6,9H2,(H,17,19,20). The fraction of sp³-hybridized carbons (Fsp3) is 0.467. The molecule has 0 spiro atoms. The van der Waals surface area contributed by atoms with Gasteiger partial charge in [0.05, 0.1) is 5.56 Å². The molecule has 2 aromatic rings. The number of carbonyl (C=O) groups excluding carboxylic acids is 1. The summed E-state index contributed by atoms with van der Waals surface area (Å²) < 4.78 is 5.44. The molecule has 6 heteroatoms. The predicted octanol–water partition coefficient (Wildman–Crippen LogP) is 3.04. The van der Waals surface area contributed by atoms with Crippen molar-refractivity contribution in [2.75, 3.05) is 5.32 Å². The van der Waals surface area contributed by atoms with Crippen molar-refractivity contribution in [3.05, 3.63) is 24.5 Å². The van der Waals surface area contributed by atoms with E-state index in [1.807, 2.05) is 6.07 Å². The van der Waals surface area contributed by atoms with Gasteiger partial charge in [0, 0.05) is 18.8 Å². The topological polar surface area (TPSA) is 80.9 Å². The lowest BCUT2D eigenvalue weighted by Crippen LogP contribution is -2.18. The van der Waals surface area contributed by atoms with Crippen LogP contribution in [0.5, 0.6) is 0 Å². The lowest BCUT2D eigenvalue weighted by atomic mass is 9.87. The predicted molar refractivity (Wildman–Crippen MR) is 77.4 cm³/mol. The summed E-state index contributed by atoms with van der Waals surface area (Å²) in [5, 5.41) is 10.4. The van der Waals surface area contributed by atoms with Crippen molar-refractivity contribution in [3.63, 3.8) is 0 Å². The van der Waals surface area contributed by atoms with Gasteiger partial charge in [-0.15, -0.1) is 5.10 Å². The van der Waals surface area contributed by atoms with Gasteiger partial charge in [-0.25, -0.2) is 0 Å². The second-order valence-corrected chi connectivity index (χ2v) is 5.41. The van der Waals surface area contributed by atoms with Crippen LogP contribution in [-0.2, 0) is 4.79 Å². The normalized spacial score (nSPS) is 15.8. The Morgan fingerprint density at radius 3 is 2.90 bits per heavy atom. The summed E-state index contributed by atoms with van der Waals surface area (Å²) in [6.45, 7) is 0. The Balaban J connectivity index is 1.58. The first-order chi connectivity index (χ1) is 10.3. The highest BCUT2D eigenvalue weighted by Crippen LogP contribution is 2.26. The van der Waals surface area contributed by atoms with E-state index in [0.717, 1.165) is 18.4 Å². The molecule has 2 heterocycles. The summed E-state index contributed by atoms with van der Waals surface area (Å²) in [5.74, 6) is 0.791. The van der Waals surface area contributed by atoms with Gasteiger partial charge in [-0.05, 0) is 30.9 Å². The van der Waals surface area contributed by atoms with Gasteiger partial charge in [-0.3, -0.25) is 15.1 Å². The Kier molecular flexibility index (Phi) is 4.23. The molecule has 110 valence electrons. The van der Waals surface area contributed by atoms with E-state index in [2.05, 4.69) is 20.5 Å². The van der Waals surface area contributed by atoms with Crippen molar-refractivity contribution in [2.45, 2.75) is 38.5 Å². The van der Waals surface area contributed by atoms with E-state index in [0.29, 0.717) is 18.2 Å². The smallest absolute Gasteiger partial charge is 0.322 e. The highest BCUT2D eigenvalue weighted by molar-refractivity contribution is 5.88. The van der Waals surface area contributed by atoms with Crippen LogP contribution in [0.3, 0.4) is 0 Å². The number of amides is 1. The van der Waals surface area contributed by atoms with Crippen molar-refractivity contribution in [1.82, 2.24) is 15.2 Å². The molecule has 2 aromatic heterocycles. The fourth-order valence-electron chi connectivity index (χ4n) is 2.70. The molecule has 0 saturated heterocycles. The minimum absolute atomic E-state index is 0.0525. The van der Waals surface area contributed by atoms with Gasteiger partial charge in [-0.1, -0.05) is 24.4 Å². The SMILES string of the molecule is O=C(CC1CCCCC1)Nc1nnc(-c2cccnc2)o1. The number of aromatic nitrogens is 3. The van der Waals surface area contributed by atoms with Crippen molar-refractivity contribution in [1.29, 1.82) is 0 Å². The molecule has 1 aliphatic rings. The zero-order valence-corrected chi connectivity index (χ0v) is 11.8. The summed E-state index contributed by atoms with van der Waals surface area (Å²) in [6, 6.07) is 3.77. The number of hydrogen-bond acceptors (Lipinski definition) is 5. The average Bonchev–Trinajstić information content (AvgIpc) is 2.97. The molecule has 1 saturated carbocycles. The molecule has 6 nitrogen and oxygen atoms in total. The average molecular weight is 286 g/mol. The molecule has 3 rings (SSSR count). The Morgan fingerprint density at radius 1 is 1.29 bits per heavy atom. The van der Waals surface area contributed by atoms with Crippen LogP contribution in [0.25, 0.3) is 11.5 Å². The number of hydrogen-bond donors (Lipinski definition) is 1. The monoisotopic (exact) mass is 286 g/mol. The van der Waals surface area contributed by atoms with Crippen LogP contribution in [-0.4, -0.2) is 21.1 Å². The van der Waals surface area contributed by atoms with Gasteiger partial charge in [0.2, 0.25) is 5.91 Å². The van der Waals surface area contributed by atoms with Gasteiger partial charge < -0.3 is 4.42 Å². The first kappa shape index (κ1) is 13.7. The maximum atomic E-state index is 12.0. The zero-order chi connectivity index (χ0) is 14.5. The number of pyridine rings is 1. The molecule has 1 fully saturated rings. The molecule has 0 aromatic carbocycles. The highest BCUT2D eigenvalue weighted by Gasteiger charge is 2.18. The van der Waals surface area contributed by atoms with Gasteiger partial charge in [0.25, 0.3) is 5.89 Å². The molecule has 0 bridgehead atoms. The number of nitrogens with zero attached hydrogens (tertiary/aromatic N) is 3. The van der Waals surface area contributed by atoms with Gasteiger partial charge >= 0.3 is 6.01 Å². The molecular formula is C15H18N4O2. The minimum Gasteiger partial charge on any atom is -0.403 e. The van der Waals surface area contributed by atoms with E-state index in [1.165, 1.54) is 19.3 Å². The molecule has 0 unspecified atom stereocenters. The number of nitrogens with one attached hydrogen (secondary N) is 1. The van der Waals surface area contributed by atoms with Crippen molar-refractivity contribution in [2.24, 2.45) is 5.92 Å². The lowest BCUT2D eigenvalue weighted by molar-refractivity contribution is -0.117. The number of carbonyl (C=O) groups is 1. The first-order valence-corrected chi connectivity index (χ1v) is 7.35. The molecule has 1 aliphatic carbocycles. The van der Waals surface area contributed by atoms with Crippen molar-refractivity contribution < 1.29 is 9.21 Å². The molecule has 21 heavy (non-hydrogen) atoms. The van der Waals surface area contributed by atoms with E-state index in [4.69, 9.17) is 4.42 Å². The third kappa shape index (κ3) is 3.65. The van der Waals surface area contributed by atoms with Crippen LogP contribution in [0.1, 0.15) is 38.5 Å². The third-order valence-corrected chi connectivity index (χ3v) is 3.78. The van der Waals surface area contributed by atoms with Crippen LogP contribution in [0.15, 0.2) is 28.9 Å². The van der Waals surface area contributed by atoms with Gasteiger partial charge in [0.15, 0.2) is 0 Å². The Bertz CT molecular complexity index is 591. The van der Waals surface area contributed by atoms with Crippen molar-refractivity contribution in [3.8, 4) is 11.5 Å². The molecule has 0 atom stereocenters. The Morgan fingerprint density at radius 2 is 2.14 bits per heavy atom. The Labute approximate surface area is 123 Å². The number of rotatable bonds is 4. The van der Waals surface area contributed by atoms with E-state index in [1.54, 1.807) is 18.5 Å². The van der Waals surface area contributed by atoms with Crippen LogP contribution in [0, 0.1) is 5.92 Å². The van der Waals surface area contributed by atoms with E-state index >= 15 is 0 Å². The largest absolute Gasteiger partial charge is 0.403 e. The van der Waals surface area contributed by atoms with Crippen molar-refractivity contribution >= 4 is 11.9 Å². The third-order valence-electron chi connectivity index (χ3n) is 3.78. The maximum Gasteiger partial charge on any atom is 0.322 e. The quantitative estimate of drug-likeness (QED) is 0.934. The molecule has 1 N–H and O–H groups in total. The lowest BCUT2D eigenvalue weighted by Gasteiger charge is -2.20. The molecule has 1 amide bonds. The van der Waals surface area contributed by atoms with Gasteiger partial charge in [0.1, 0.15) is 0 Å². The summed E-state index contributed by atoms with van der Waals surface area (Å²) in [7, 11) is 0. The molecular weight excluding hydrogens is 268 g/mol. The summed E-state index contributed by atoms with van der Waals surface area (Å²) in [5.41, 5.74) is 0.734. The van der Waals surface area contributed by atoms with Crippen LogP contribution in [0.2, 0.25) is 0 Å². The second kappa shape index (κ2) is 6.47. The van der Waals surface area contributed by atoms with E-state index in [9.17, 15) is 4.79 Å². The Hall–Kier alpha value is -2.24. The van der Waals surface area contributed by atoms with Crippen LogP contribution in [0.4, 0.5) is 6.01 Å². The number of anilines is 1. The summed E-state index contributed by atoms with van der Waals surface area (Å²) in [4.78, 5) is 16.0. The van der Waals surface area contributed by atoms with Gasteiger partial charge in [-0.2, -0.15) is 0 Å². The fourth-order valence-corrected chi connectivity index (χ4v) is 2.70.